The van der Waals surface area contributed by atoms with Gasteiger partial charge < -0.3 is 14.5 Å². The van der Waals surface area contributed by atoms with Gasteiger partial charge in [-0.2, -0.15) is 0 Å². The maximum absolute atomic E-state index is 13.2. The molecule has 1 amide bonds. The topological polar surface area (TPSA) is 85.6 Å². The summed E-state index contributed by atoms with van der Waals surface area (Å²) in [5, 5.41) is 2.47. The van der Waals surface area contributed by atoms with Gasteiger partial charge in [0.2, 0.25) is 0 Å². The first-order valence-electron chi connectivity index (χ1n) is 7.79. The molecule has 26 heavy (non-hydrogen) atoms. The average molecular weight is 365 g/mol. The SMILES string of the molecule is CC(C)[C@H](NC(=O)c1ccco1)C(=O)OCC(=O)c1ccc(F)c(F)c1. The normalized spacial score (nSPS) is 11.9. The molecule has 0 aliphatic carbocycles. The quantitative estimate of drug-likeness (QED) is 0.602. The smallest absolute Gasteiger partial charge is 0.329 e. The first kappa shape index (κ1) is 19.3. The van der Waals surface area contributed by atoms with E-state index in [2.05, 4.69) is 5.32 Å². The number of esters is 1. The highest BCUT2D eigenvalue weighted by Gasteiger charge is 2.27. The maximum Gasteiger partial charge on any atom is 0.329 e. The van der Waals surface area contributed by atoms with E-state index >= 15 is 0 Å². The molecule has 0 spiro atoms. The molecule has 0 saturated carbocycles. The number of carbonyl (C=O) groups is 3. The molecule has 1 aromatic heterocycles. The lowest BCUT2D eigenvalue weighted by Gasteiger charge is -2.20. The Kier molecular flexibility index (Phi) is 6.21. The zero-order chi connectivity index (χ0) is 19.3. The highest BCUT2D eigenvalue weighted by Crippen LogP contribution is 2.11. The molecule has 1 N–H and O–H groups in total. The molecule has 6 nitrogen and oxygen atoms in total. The number of ether oxygens (including phenoxy) is 1. The number of benzene rings is 1. The van der Waals surface area contributed by atoms with Crippen molar-refractivity contribution in [1.82, 2.24) is 5.32 Å². The number of Topliss-reactive ketones (excluding diaryl/α,β-unsaturated/α-hetero) is 1. The molecular formula is C18H17F2NO5. The summed E-state index contributed by atoms with van der Waals surface area (Å²) < 4.78 is 35.9. The van der Waals surface area contributed by atoms with E-state index in [0.717, 1.165) is 18.2 Å². The lowest BCUT2D eigenvalue weighted by atomic mass is 10.0. The molecule has 1 atom stereocenters. The van der Waals surface area contributed by atoms with Gasteiger partial charge in [-0.15, -0.1) is 0 Å². The molecule has 1 heterocycles. The molecule has 0 fully saturated rings. The fourth-order valence-corrected chi connectivity index (χ4v) is 2.10. The number of ketones is 1. The number of carbonyl (C=O) groups excluding carboxylic acids is 3. The Morgan fingerprint density at radius 2 is 1.88 bits per heavy atom. The number of rotatable bonds is 7. The van der Waals surface area contributed by atoms with Gasteiger partial charge in [0, 0.05) is 5.56 Å². The fourth-order valence-electron chi connectivity index (χ4n) is 2.10. The predicted octanol–water partition coefficient (Wildman–Crippen LogP) is 2.74. The Morgan fingerprint density at radius 1 is 1.15 bits per heavy atom. The zero-order valence-electron chi connectivity index (χ0n) is 14.1. The molecular weight excluding hydrogens is 348 g/mol. The van der Waals surface area contributed by atoms with Crippen molar-refractivity contribution in [2.24, 2.45) is 5.92 Å². The largest absolute Gasteiger partial charge is 0.459 e. The Labute approximate surface area is 148 Å². The van der Waals surface area contributed by atoms with Gasteiger partial charge in [-0.1, -0.05) is 13.8 Å². The molecule has 138 valence electrons. The highest BCUT2D eigenvalue weighted by atomic mass is 19.2. The molecule has 0 unspecified atom stereocenters. The second kappa shape index (κ2) is 8.37. The summed E-state index contributed by atoms with van der Waals surface area (Å²) in [6.45, 7) is 2.71. The van der Waals surface area contributed by atoms with Crippen molar-refractivity contribution in [3.8, 4) is 0 Å². The fraction of sp³-hybridized carbons (Fsp3) is 0.278. The van der Waals surface area contributed by atoms with Crippen molar-refractivity contribution in [1.29, 1.82) is 0 Å². The number of hydrogen-bond acceptors (Lipinski definition) is 5. The van der Waals surface area contributed by atoms with E-state index in [4.69, 9.17) is 9.15 Å². The summed E-state index contributed by atoms with van der Waals surface area (Å²) in [5.41, 5.74) is -0.127. The van der Waals surface area contributed by atoms with Crippen LogP contribution in [0.4, 0.5) is 8.78 Å². The van der Waals surface area contributed by atoms with Crippen LogP contribution < -0.4 is 5.32 Å². The molecule has 0 aliphatic heterocycles. The zero-order valence-corrected chi connectivity index (χ0v) is 14.1. The lowest BCUT2D eigenvalue weighted by Crippen LogP contribution is -2.45. The molecule has 8 heteroatoms. The summed E-state index contributed by atoms with van der Waals surface area (Å²) in [6, 6.07) is 4.58. The summed E-state index contributed by atoms with van der Waals surface area (Å²) >= 11 is 0. The van der Waals surface area contributed by atoms with Crippen LogP contribution in [-0.4, -0.2) is 30.3 Å². The monoisotopic (exact) mass is 365 g/mol. The van der Waals surface area contributed by atoms with Gasteiger partial charge in [-0.05, 0) is 36.2 Å². The average Bonchev–Trinajstić information content (AvgIpc) is 3.13. The van der Waals surface area contributed by atoms with E-state index < -0.39 is 41.9 Å². The van der Waals surface area contributed by atoms with Gasteiger partial charge in [-0.3, -0.25) is 9.59 Å². The van der Waals surface area contributed by atoms with Crippen molar-refractivity contribution in [2.75, 3.05) is 6.61 Å². The van der Waals surface area contributed by atoms with E-state index in [0.29, 0.717) is 0 Å². The van der Waals surface area contributed by atoms with Crippen LogP contribution >= 0.6 is 0 Å². The number of nitrogens with one attached hydrogen (secondary N) is 1. The molecule has 0 saturated heterocycles. The van der Waals surface area contributed by atoms with E-state index in [9.17, 15) is 23.2 Å². The van der Waals surface area contributed by atoms with E-state index in [-0.39, 0.29) is 17.2 Å². The Morgan fingerprint density at radius 3 is 2.46 bits per heavy atom. The van der Waals surface area contributed by atoms with Gasteiger partial charge in [0.15, 0.2) is 29.8 Å². The van der Waals surface area contributed by atoms with Crippen molar-refractivity contribution >= 4 is 17.7 Å². The van der Waals surface area contributed by atoms with Crippen LogP contribution in [0.1, 0.15) is 34.8 Å². The maximum atomic E-state index is 13.2. The van der Waals surface area contributed by atoms with Crippen LogP contribution in [0.3, 0.4) is 0 Å². The van der Waals surface area contributed by atoms with E-state index in [1.54, 1.807) is 13.8 Å². The Balaban J connectivity index is 1.97. The minimum Gasteiger partial charge on any atom is -0.459 e. The number of furan rings is 1. The Bertz CT molecular complexity index is 802. The summed E-state index contributed by atoms with van der Waals surface area (Å²) in [6.07, 6.45) is 1.32. The Hall–Kier alpha value is -3.03. The third kappa shape index (κ3) is 4.75. The summed E-state index contributed by atoms with van der Waals surface area (Å²) in [4.78, 5) is 36.1. The number of hydrogen-bond donors (Lipinski definition) is 1. The highest BCUT2D eigenvalue weighted by molar-refractivity contribution is 5.99. The molecule has 0 bridgehead atoms. The second-order valence-corrected chi connectivity index (χ2v) is 5.83. The minimum absolute atomic E-state index is 0.0290. The molecule has 2 rings (SSSR count). The van der Waals surface area contributed by atoms with Crippen molar-refractivity contribution in [2.45, 2.75) is 19.9 Å². The summed E-state index contributed by atoms with van der Waals surface area (Å²) in [7, 11) is 0. The van der Waals surface area contributed by atoms with E-state index in [1.807, 2.05) is 0 Å². The van der Waals surface area contributed by atoms with Gasteiger partial charge in [0.1, 0.15) is 6.04 Å². The predicted molar refractivity (Wildman–Crippen MR) is 86.4 cm³/mol. The minimum atomic E-state index is -1.17. The first-order valence-corrected chi connectivity index (χ1v) is 7.79. The van der Waals surface area contributed by atoms with Crippen LogP contribution in [0.2, 0.25) is 0 Å². The summed E-state index contributed by atoms with van der Waals surface area (Å²) in [5.74, 6) is -4.67. The molecule has 0 radical (unpaired) electrons. The lowest BCUT2D eigenvalue weighted by molar-refractivity contribution is -0.145. The second-order valence-electron chi connectivity index (χ2n) is 5.83. The van der Waals surface area contributed by atoms with Crippen LogP contribution in [-0.2, 0) is 9.53 Å². The van der Waals surface area contributed by atoms with Crippen molar-refractivity contribution in [3.63, 3.8) is 0 Å². The van der Waals surface area contributed by atoms with Crippen LogP contribution in [0, 0.1) is 17.6 Å². The third-order valence-electron chi connectivity index (χ3n) is 3.54. The van der Waals surface area contributed by atoms with Crippen LogP contribution in [0.25, 0.3) is 0 Å². The molecule has 1 aromatic carbocycles. The van der Waals surface area contributed by atoms with E-state index in [1.165, 1.54) is 18.4 Å². The van der Waals surface area contributed by atoms with Crippen LogP contribution in [0.5, 0.6) is 0 Å². The van der Waals surface area contributed by atoms with Gasteiger partial charge >= 0.3 is 5.97 Å². The van der Waals surface area contributed by atoms with Gasteiger partial charge in [0.25, 0.3) is 5.91 Å². The third-order valence-corrected chi connectivity index (χ3v) is 3.54. The number of amides is 1. The first-order chi connectivity index (χ1) is 12.3. The molecule has 0 aliphatic rings. The van der Waals surface area contributed by atoms with Crippen molar-refractivity contribution in [3.05, 3.63) is 59.6 Å². The van der Waals surface area contributed by atoms with Gasteiger partial charge in [0.05, 0.1) is 6.26 Å². The van der Waals surface area contributed by atoms with Crippen molar-refractivity contribution < 1.29 is 32.3 Å². The van der Waals surface area contributed by atoms with Gasteiger partial charge in [-0.25, -0.2) is 13.6 Å². The number of halogens is 2. The van der Waals surface area contributed by atoms with Crippen LogP contribution in [0.15, 0.2) is 41.0 Å². The standard InChI is InChI=1S/C18H17F2NO5/c1-10(2)16(21-17(23)15-4-3-7-25-15)18(24)26-9-14(22)11-5-6-12(19)13(20)8-11/h3-8,10,16H,9H2,1-2H3,(H,21,23)/t16-/m0/s1. The molecule has 2 aromatic rings.